The molecule has 0 amide bonds. The molecular formula is C12H18O2. The van der Waals surface area contributed by atoms with Gasteiger partial charge in [0.05, 0.1) is 0 Å². The first-order valence-corrected chi connectivity index (χ1v) is 5.56. The molecule has 2 heteroatoms. The van der Waals surface area contributed by atoms with Gasteiger partial charge in [0, 0.05) is 6.42 Å². The molecule has 1 saturated carbocycles. The third kappa shape index (κ3) is 2.38. The van der Waals surface area contributed by atoms with E-state index in [2.05, 4.69) is 6.92 Å². The van der Waals surface area contributed by atoms with Crippen molar-refractivity contribution in [2.75, 3.05) is 0 Å². The third-order valence-corrected chi connectivity index (χ3v) is 2.90. The lowest BCUT2D eigenvalue weighted by Gasteiger charge is -2.06. The molecule has 1 aliphatic carbocycles. The molecule has 0 radical (unpaired) electrons. The zero-order valence-corrected chi connectivity index (χ0v) is 8.70. The number of aryl methyl sites for hydroxylation is 1. The molecule has 1 unspecified atom stereocenters. The maximum Gasteiger partial charge on any atom is 0.132 e. The van der Waals surface area contributed by atoms with Gasteiger partial charge in [0.1, 0.15) is 17.6 Å². The summed E-state index contributed by atoms with van der Waals surface area (Å²) in [4.78, 5) is 0. The third-order valence-electron chi connectivity index (χ3n) is 2.90. The van der Waals surface area contributed by atoms with Crippen LogP contribution in [0.2, 0.25) is 0 Å². The molecule has 1 aromatic heterocycles. The fraction of sp³-hybridized carbons (Fsp3) is 0.667. The molecule has 78 valence electrons. The molecule has 0 aromatic carbocycles. The molecule has 1 heterocycles. The van der Waals surface area contributed by atoms with E-state index in [0.717, 1.165) is 36.7 Å². The summed E-state index contributed by atoms with van der Waals surface area (Å²) < 4.78 is 5.50. The first kappa shape index (κ1) is 9.78. The van der Waals surface area contributed by atoms with Gasteiger partial charge in [-0.1, -0.05) is 19.8 Å². The van der Waals surface area contributed by atoms with Crippen LogP contribution in [-0.4, -0.2) is 5.11 Å². The number of furan rings is 1. The summed E-state index contributed by atoms with van der Waals surface area (Å²) in [5, 5.41) is 9.81. The Morgan fingerprint density at radius 3 is 2.86 bits per heavy atom. The minimum atomic E-state index is -0.393. The summed E-state index contributed by atoms with van der Waals surface area (Å²) in [5.74, 6) is 2.58. The van der Waals surface area contributed by atoms with E-state index in [1.165, 1.54) is 12.8 Å². The molecule has 14 heavy (non-hydrogen) atoms. The Morgan fingerprint density at radius 2 is 2.29 bits per heavy atom. The van der Waals surface area contributed by atoms with E-state index in [1.54, 1.807) is 0 Å². The number of aliphatic hydroxyl groups is 1. The second-order valence-corrected chi connectivity index (χ2v) is 4.19. The van der Waals surface area contributed by atoms with Gasteiger partial charge in [-0.3, -0.25) is 0 Å². The van der Waals surface area contributed by atoms with Crippen LogP contribution >= 0.6 is 0 Å². The van der Waals surface area contributed by atoms with Gasteiger partial charge in [-0.05, 0) is 30.9 Å². The lowest BCUT2D eigenvalue weighted by atomic mass is 10.1. The summed E-state index contributed by atoms with van der Waals surface area (Å²) in [5.41, 5.74) is 0. The molecule has 0 bridgehead atoms. The largest absolute Gasteiger partial charge is 0.463 e. The lowest BCUT2D eigenvalue weighted by Crippen LogP contribution is -1.95. The monoisotopic (exact) mass is 194 g/mol. The first-order valence-electron chi connectivity index (χ1n) is 5.56. The normalized spacial score (nSPS) is 18.4. The Hall–Kier alpha value is -0.760. The average Bonchev–Trinajstić information content (AvgIpc) is 2.90. The minimum absolute atomic E-state index is 0.393. The van der Waals surface area contributed by atoms with Crippen LogP contribution in [0.5, 0.6) is 0 Å². The standard InChI is InChI=1S/C12H18O2/c1-2-10-6-8-12(14-10)11(13)7-5-9-3-4-9/h6,8-9,11,13H,2-5,7H2,1H3. The zero-order chi connectivity index (χ0) is 9.97. The van der Waals surface area contributed by atoms with E-state index in [-0.39, 0.29) is 0 Å². The van der Waals surface area contributed by atoms with Crippen LogP contribution in [0.25, 0.3) is 0 Å². The van der Waals surface area contributed by atoms with Gasteiger partial charge >= 0.3 is 0 Å². The lowest BCUT2D eigenvalue weighted by molar-refractivity contribution is 0.134. The fourth-order valence-corrected chi connectivity index (χ4v) is 1.71. The van der Waals surface area contributed by atoms with Crippen LogP contribution in [0.15, 0.2) is 16.5 Å². The van der Waals surface area contributed by atoms with Crippen molar-refractivity contribution < 1.29 is 9.52 Å². The average molecular weight is 194 g/mol. The van der Waals surface area contributed by atoms with Crippen LogP contribution in [0.4, 0.5) is 0 Å². The van der Waals surface area contributed by atoms with Gasteiger partial charge in [-0.15, -0.1) is 0 Å². The molecule has 1 N–H and O–H groups in total. The van der Waals surface area contributed by atoms with Crippen LogP contribution in [-0.2, 0) is 6.42 Å². The van der Waals surface area contributed by atoms with Crippen LogP contribution in [0.3, 0.4) is 0 Å². The van der Waals surface area contributed by atoms with Gasteiger partial charge in [0.25, 0.3) is 0 Å². The van der Waals surface area contributed by atoms with Crippen LogP contribution in [0, 0.1) is 5.92 Å². The molecule has 0 spiro atoms. The molecule has 0 saturated heterocycles. The van der Waals surface area contributed by atoms with Crippen molar-refractivity contribution in [1.82, 2.24) is 0 Å². The molecule has 1 fully saturated rings. The van der Waals surface area contributed by atoms with Crippen molar-refractivity contribution in [3.05, 3.63) is 23.7 Å². The van der Waals surface area contributed by atoms with E-state index in [4.69, 9.17) is 4.42 Å². The Kier molecular flexibility index (Phi) is 2.92. The number of aliphatic hydroxyl groups excluding tert-OH is 1. The number of hydrogen-bond donors (Lipinski definition) is 1. The van der Waals surface area contributed by atoms with Crippen molar-refractivity contribution in [3.63, 3.8) is 0 Å². The fourth-order valence-electron chi connectivity index (χ4n) is 1.71. The van der Waals surface area contributed by atoms with Crippen molar-refractivity contribution in [3.8, 4) is 0 Å². The maximum absolute atomic E-state index is 9.81. The summed E-state index contributed by atoms with van der Waals surface area (Å²) >= 11 is 0. The highest BCUT2D eigenvalue weighted by Gasteiger charge is 2.23. The van der Waals surface area contributed by atoms with Crippen molar-refractivity contribution in [2.24, 2.45) is 5.92 Å². The molecule has 1 aromatic rings. The molecule has 2 nitrogen and oxygen atoms in total. The zero-order valence-electron chi connectivity index (χ0n) is 8.70. The smallest absolute Gasteiger partial charge is 0.132 e. The van der Waals surface area contributed by atoms with Crippen LogP contribution < -0.4 is 0 Å². The van der Waals surface area contributed by atoms with E-state index in [0.29, 0.717) is 0 Å². The second kappa shape index (κ2) is 4.18. The topological polar surface area (TPSA) is 33.4 Å². The van der Waals surface area contributed by atoms with E-state index < -0.39 is 6.10 Å². The Bertz CT molecular complexity index is 286. The molecular weight excluding hydrogens is 176 g/mol. The van der Waals surface area contributed by atoms with E-state index in [9.17, 15) is 5.11 Å². The highest BCUT2D eigenvalue weighted by molar-refractivity contribution is 5.09. The van der Waals surface area contributed by atoms with Gasteiger partial charge in [-0.25, -0.2) is 0 Å². The highest BCUT2D eigenvalue weighted by atomic mass is 16.4. The van der Waals surface area contributed by atoms with Gasteiger partial charge in [0.15, 0.2) is 0 Å². The van der Waals surface area contributed by atoms with Crippen molar-refractivity contribution in [1.29, 1.82) is 0 Å². The maximum atomic E-state index is 9.81. The van der Waals surface area contributed by atoms with Crippen molar-refractivity contribution >= 4 is 0 Å². The van der Waals surface area contributed by atoms with Crippen LogP contribution in [0.1, 0.15) is 50.2 Å². The highest BCUT2D eigenvalue weighted by Crippen LogP contribution is 2.36. The molecule has 1 atom stereocenters. The van der Waals surface area contributed by atoms with E-state index in [1.807, 2.05) is 12.1 Å². The number of rotatable bonds is 5. The Balaban J connectivity index is 1.85. The Morgan fingerprint density at radius 1 is 1.50 bits per heavy atom. The number of hydrogen-bond acceptors (Lipinski definition) is 2. The summed E-state index contributed by atoms with van der Waals surface area (Å²) in [6, 6.07) is 3.85. The SMILES string of the molecule is CCc1ccc(C(O)CCC2CC2)o1. The Labute approximate surface area is 84.9 Å². The van der Waals surface area contributed by atoms with Gasteiger partial charge in [-0.2, -0.15) is 0 Å². The van der Waals surface area contributed by atoms with Gasteiger partial charge < -0.3 is 9.52 Å². The predicted octanol–water partition coefficient (Wildman–Crippen LogP) is 3.07. The van der Waals surface area contributed by atoms with Crippen molar-refractivity contribution in [2.45, 2.75) is 45.1 Å². The summed E-state index contributed by atoms with van der Waals surface area (Å²) in [6.45, 7) is 2.05. The predicted molar refractivity (Wildman–Crippen MR) is 55.0 cm³/mol. The quantitative estimate of drug-likeness (QED) is 0.781. The molecule has 0 aliphatic heterocycles. The first-order chi connectivity index (χ1) is 6.79. The van der Waals surface area contributed by atoms with Gasteiger partial charge in [0.2, 0.25) is 0 Å². The summed E-state index contributed by atoms with van der Waals surface area (Å²) in [6.07, 6.45) is 5.20. The molecule has 1 aliphatic rings. The summed E-state index contributed by atoms with van der Waals surface area (Å²) in [7, 11) is 0. The van der Waals surface area contributed by atoms with E-state index >= 15 is 0 Å². The second-order valence-electron chi connectivity index (χ2n) is 4.19. The molecule has 2 rings (SSSR count). The minimum Gasteiger partial charge on any atom is -0.463 e.